The third-order valence-corrected chi connectivity index (χ3v) is 6.93. The molecule has 5 nitrogen and oxygen atoms in total. The van der Waals surface area contributed by atoms with E-state index in [0.717, 1.165) is 46.2 Å². The van der Waals surface area contributed by atoms with Gasteiger partial charge in [0.25, 0.3) is 5.91 Å². The number of nitrogens with one attached hydrogen (secondary N) is 1. The number of benzene rings is 3. The average molecular weight is 490 g/mol. The Hall–Kier alpha value is -3.19. The van der Waals surface area contributed by atoms with E-state index in [1.54, 1.807) is 24.3 Å². The number of amides is 1. The molecule has 2 heterocycles. The first kappa shape index (κ1) is 22.6. The molecular weight excluding hydrogens is 466 g/mol. The van der Waals surface area contributed by atoms with Gasteiger partial charge in [0.2, 0.25) is 0 Å². The third-order valence-electron chi connectivity index (χ3n) is 5.68. The molecule has 1 saturated heterocycles. The van der Waals surface area contributed by atoms with E-state index in [1.165, 1.54) is 11.3 Å². The van der Waals surface area contributed by atoms with Crippen LogP contribution in [0.15, 0.2) is 89.9 Å². The van der Waals surface area contributed by atoms with Crippen molar-refractivity contribution in [2.45, 2.75) is 25.5 Å². The van der Waals surface area contributed by atoms with Crippen molar-refractivity contribution in [3.63, 3.8) is 0 Å². The van der Waals surface area contributed by atoms with E-state index in [9.17, 15) is 4.79 Å². The van der Waals surface area contributed by atoms with Gasteiger partial charge < -0.3 is 14.6 Å². The van der Waals surface area contributed by atoms with Gasteiger partial charge in [-0.15, -0.1) is 0 Å². The highest BCUT2D eigenvalue weighted by molar-refractivity contribution is 7.14. The van der Waals surface area contributed by atoms with Crippen molar-refractivity contribution in [2.24, 2.45) is 4.99 Å². The van der Waals surface area contributed by atoms with Crippen LogP contribution in [0.4, 0.5) is 10.7 Å². The maximum absolute atomic E-state index is 13.1. The second kappa shape index (κ2) is 10.4. The van der Waals surface area contributed by atoms with Crippen molar-refractivity contribution in [3.05, 3.63) is 100 Å². The van der Waals surface area contributed by atoms with Gasteiger partial charge in [-0.1, -0.05) is 71.5 Å². The Labute approximate surface area is 207 Å². The van der Waals surface area contributed by atoms with Crippen molar-refractivity contribution < 1.29 is 9.53 Å². The van der Waals surface area contributed by atoms with Gasteiger partial charge in [-0.05, 0) is 49.2 Å². The van der Waals surface area contributed by atoms with E-state index in [2.05, 4.69) is 22.0 Å². The maximum Gasteiger partial charge on any atom is 0.256 e. The SMILES string of the molecule is O=C(Nc1sc(=Nc2ccccc2)n(CC2CCCO2)c1-c1ccccc1)c1ccc(Cl)cc1. The Balaban J connectivity index is 1.64. The highest BCUT2D eigenvalue weighted by atomic mass is 35.5. The largest absolute Gasteiger partial charge is 0.376 e. The second-order valence-electron chi connectivity index (χ2n) is 8.08. The van der Waals surface area contributed by atoms with Crippen LogP contribution in [0.5, 0.6) is 0 Å². The number of rotatable bonds is 6. The molecule has 1 unspecified atom stereocenters. The molecule has 0 saturated carbocycles. The molecule has 5 rings (SSSR count). The van der Waals surface area contributed by atoms with Gasteiger partial charge in [-0.25, -0.2) is 4.99 Å². The predicted molar refractivity (Wildman–Crippen MR) is 138 cm³/mol. The van der Waals surface area contributed by atoms with Crippen LogP contribution in [0.3, 0.4) is 0 Å². The molecule has 1 aliphatic rings. The summed E-state index contributed by atoms with van der Waals surface area (Å²) in [7, 11) is 0. The van der Waals surface area contributed by atoms with Gasteiger partial charge >= 0.3 is 0 Å². The highest BCUT2D eigenvalue weighted by Crippen LogP contribution is 2.33. The molecule has 7 heteroatoms. The zero-order chi connectivity index (χ0) is 23.3. The number of aromatic nitrogens is 1. The lowest BCUT2D eigenvalue weighted by atomic mass is 10.1. The molecule has 1 atom stereocenters. The number of carbonyl (C=O) groups excluding carboxylic acids is 1. The van der Waals surface area contributed by atoms with Crippen molar-refractivity contribution in [3.8, 4) is 11.3 Å². The number of thiazole rings is 1. The Morgan fingerprint density at radius 1 is 1.03 bits per heavy atom. The van der Waals surface area contributed by atoms with Gasteiger partial charge in [0.15, 0.2) is 4.80 Å². The van der Waals surface area contributed by atoms with E-state index in [1.807, 2.05) is 48.5 Å². The number of anilines is 1. The third kappa shape index (κ3) is 5.14. The van der Waals surface area contributed by atoms with Crippen LogP contribution < -0.4 is 10.1 Å². The van der Waals surface area contributed by atoms with Crippen LogP contribution in [0, 0.1) is 0 Å². The summed E-state index contributed by atoms with van der Waals surface area (Å²) >= 11 is 7.47. The monoisotopic (exact) mass is 489 g/mol. The fraction of sp³-hybridized carbons (Fsp3) is 0.185. The van der Waals surface area contributed by atoms with E-state index in [0.29, 0.717) is 17.1 Å². The summed E-state index contributed by atoms with van der Waals surface area (Å²) in [6.45, 7) is 1.45. The quantitative estimate of drug-likeness (QED) is 0.334. The smallest absolute Gasteiger partial charge is 0.256 e. The molecule has 1 N–H and O–H groups in total. The Bertz CT molecular complexity index is 1330. The van der Waals surface area contributed by atoms with E-state index >= 15 is 0 Å². The summed E-state index contributed by atoms with van der Waals surface area (Å²) in [5, 5.41) is 4.47. The highest BCUT2D eigenvalue weighted by Gasteiger charge is 2.23. The Morgan fingerprint density at radius 2 is 1.74 bits per heavy atom. The van der Waals surface area contributed by atoms with Gasteiger partial charge in [-0.3, -0.25) is 4.79 Å². The number of carbonyl (C=O) groups is 1. The average Bonchev–Trinajstić information content (AvgIpc) is 3.49. The number of halogens is 1. The number of para-hydroxylation sites is 1. The molecule has 34 heavy (non-hydrogen) atoms. The van der Waals surface area contributed by atoms with Crippen LogP contribution in [0.1, 0.15) is 23.2 Å². The molecule has 3 aromatic carbocycles. The first-order valence-electron chi connectivity index (χ1n) is 11.2. The molecule has 172 valence electrons. The summed E-state index contributed by atoms with van der Waals surface area (Å²) in [6, 6.07) is 26.9. The zero-order valence-corrected chi connectivity index (χ0v) is 20.1. The van der Waals surface area contributed by atoms with Crippen molar-refractivity contribution >= 4 is 39.5 Å². The molecule has 4 aromatic rings. The minimum absolute atomic E-state index is 0.117. The van der Waals surface area contributed by atoms with Crippen LogP contribution in [0.2, 0.25) is 5.02 Å². The summed E-state index contributed by atoms with van der Waals surface area (Å²) in [5.74, 6) is -0.189. The van der Waals surface area contributed by atoms with E-state index in [4.69, 9.17) is 21.3 Å². The Kier molecular flexibility index (Phi) is 6.90. The number of hydrogen-bond donors (Lipinski definition) is 1. The molecule has 1 aliphatic heterocycles. The number of ether oxygens (including phenoxy) is 1. The second-order valence-corrected chi connectivity index (χ2v) is 9.50. The normalized spacial score (nSPS) is 16.0. The van der Waals surface area contributed by atoms with Crippen molar-refractivity contribution in [1.29, 1.82) is 0 Å². The van der Waals surface area contributed by atoms with Gasteiger partial charge in [-0.2, -0.15) is 0 Å². The lowest BCUT2D eigenvalue weighted by molar-refractivity contribution is 0.0968. The molecule has 1 fully saturated rings. The van der Waals surface area contributed by atoms with Gasteiger partial charge in [0.05, 0.1) is 24.0 Å². The van der Waals surface area contributed by atoms with Crippen LogP contribution >= 0.6 is 22.9 Å². The summed E-state index contributed by atoms with van der Waals surface area (Å²) in [6.07, 6.45) is 2.18. The first-order valence-corrected chi connectivity index (χ1v) is 12.4. The lowest BCUT2D eigenvalue weighted by Crippen LogP contribution is -2.24. The van der Waals surface area contributed by atoms with Crippen LogP contribution in [-0.2, 0) is 11.3 Å². The number of hydrogen-bond acceptors (Lipinski definition) is 4. The predicted octanol–water partition coefficient (Wildman–Crippen LogP) is 6.53. The van der Waals surface area contributed by atoms with E-state index in [-0.39, 0.29) is 12.0 Å². The van der Waals surface area contributed by atoms with Crippen LogP contribution in [-0.4, -0.2) is 23.2 Å². The van der Waals surface area contributed by atoms with Crippen molar-refractivity contribution in [1.82, 2.24) is 4.57 Å². The Morgan fingerprint density at radius 3 is 2.41 bits per heavy atom. The molecule has 0 spiro atoms. The number of nitrogens with zero attached hydrogens (tertiary/aromatic N) is 2. The van der Waals surface area contributed by atoms with Gasteiger partial charge in [0, 0.05) is 22.8 Å². The fourth-order valence-electron chi connectivity index (χ4n) is 4.01. The molecule has 1 amide bonds. The minimum atomic E-state index is -0.189. The van der Waals surface area contributed by atoms with Crippen LogP contribution in [0.25, 0.3) is 11.3 Å². The zero-order valence-electron chi connectivity index (χ0n) is 18.5. The lowest BCUT2D eigenvalue weighted by Gasteiger charge is -2.15. The molecule has 0 radical (unpaired) electrons. The fourth-order valence-corrected chi connectivity index (χ4v) is 5.22. The minimum Gasteiger partial charge on any atom is -0.376 e. The van der Waals surface area contributed by atoms with E-state index < -0.39 is 0 Å². The first-order chi connectivity index (χ1) is 16.7. The molecule has 1 aromatic heterocycles. The molecular formula is C27H24ClN3O2S. The maximum atomic E-state index is 13.1. The molecule has 0 aliphatic carbocycles. The summed E-state index contributed by atoms with van der Waals surface area (Å²) in [4.78, 5) is 18.9. The van der Waals surface area contributed by atoms with Gasteiger partial charge in [0.1, 0.15) is 5.00 Å². The summed E-state index contributed by atoms with van der Waals surface area (Å²) in [5.41, 5.74) is 3.35. The molecule has 0 bridgehead atoms. The standard InChI is InChI=1S/C27H24ClN3O2S/c28-21-15-13-20(14-16-21)25(32)30-26-24(19-8-3-1-4-9-19)31(18-23-12-7-17-33-23)27(34-26)29-22-10-5-2-6-11-22/h1-6,8-11,13-16,23H,7,12,17-18H2,(H,30,32). The topological polar surface area (TPSA) is 55.6 Å². The summed E-state index contributed by atoms with van der Waals surface area (Å²) < 4.78 is 8.15. The van der Waals surface area contributed by atoms with Crippen molar-refractivity contribution in [2.75, 3.05) is 11.9 Å².